The third kappa shape index (κ3) is 3.72. The summed E-state index contributed by atoms with van der Waals surface area (Å²) in [6.45, 7) is 0. The van der Waals surface area contributed by atoms with Crippen LogP contribution in [0.2, 0.25) is 0 Å². The van der Waals surface area contributed by atoms with Crippen molar-refractivity contribution in [2.75, 3.05) is 14.2 Å². The van der Waals surface area contributed by atoms with E-state index in [9.17, 15) is 9.59 Å². The zero-order chi connectivity index (χ0) is 14.4. The number of hydrogen-bond donors (Lipinski definition) is 1. The van der Waals surface area contributed by atoms with Gasteiger partial charge in [0.15, 0.2) is 0 Å². The minimum absolute atomic E-state index is 0.235. The maximum Gasteiger partial charge on any atom is 0.377 e. The van der Waals surface area contributed by atoms with Crippen LogP contribution in [-0.4, -0.2) is 31.3 Å². The smallest absolute Gasteiger partial charge is 0.377 e. The van der Waals surface area contributed by atoms with Crippen molar-refractivity contribution in [1.82, 2.24) is 0 Å². The molecule has 1 rings (SSSR count). The zero-order valence-electron chi connectivity index (χ0n) is 10.2. The quantitative estimate of drug-likeness (QED) is 0.517. The molecule has 0 atom stereocenters. The maximum absolute atomic E-state index is 11.3. The minimum Gasteiger partial charge on any atom is -0.511 e. The average molecular weight is 331 g/mol. The Morgan fingerprint density at radius 1 is 1.26 bits per heavy atom. The number of carbonyl (C=O) groups excluding carboxylic acids is 2. The molecule has 0 aliphatic heterocycles. The van der Waals surface area contributed by atoms with Crippen LogP contribution in [0.5, 0.6) is 5.75 Å². The summed E-state index contributed by atoms with van der Waals surface area (Å²) in [6.07, 6.45) is 0.493. The van der Waals surface area contributed by atoms with Crippen LogP contribution in [0.1, 0.15) is 10.4 Å². The Bertz CT molecular complexity index is 523. The molecule has 7 heteroatoms. The largest absolute Gasteiger partial charge is 0.511 e. The molecule has 0 amide bonds. The molecule has 0 unspecified atom stereocenters. The molecule has 1 aromatic carbocycles. The first-order chi connectivity index (χ1) is 9.03. The Morgan fingerprint density at radius 3 is 2.42 bits per heavy atom. The van der Waals surface area contributed by atoms with Gasteiger partial charge in [-0.1, -0.05) is 0 Å². The van der Waals surface area contributed by atoms with Gasteiger partial charge in [0.1, 0.15) is 12.0 Å². The van der Waals surface area contributed by atoms with Crippen LogP contribution >= 0.6 is 15.9 Å². The Balaban J connectivity index is 2.97. The molecule has 0 heterocycles. The van der Waals surface area contributed by atoms with Crippen LogP contribution in [0.4, 0.5) is 0 Å². The number of carbonyl (C=O) groups is 2. The highest BCUT2D eigenvalue weighted by atomic mass is 79.9. The molecule has 6 nitrogen and oxygen atoms in total. The summed E-state index contributed by atoms with van der Waals surface area (Å²) in [6, 6.07) is 4.37. The minimum atomic E-state index is -0.827. The predicted molar refractivity (Wildman–Crippen MR) is 68.8 cm³/mol. The summed E-state index contributed by atoms with van der Waals surface area (Å²) in [4.78, 5) is 22.5. The lowest BCUT2D eigenvalue weighted by atomic mass is 10.2. The van der Waals surface area contributed by atoms with Crippen molar-refractivity contribution in [3.63, 3.8) is 0 Å². The van der Waals surface area contributed by atoms with E-state index in [1.165, 1.54) is 25.3 Å². The van der Waals surface area contributed by atoms with E-state index in [0.717, 1.165) is 7.11 Å². The highest BCUT2D eigenvalue weighted by Crippen LogP contribution is 2.28. The second-order valence-electron chi connectivity index (χ2n) is 3.22. The Morgan fingerprint density at radius 2 is 1.95 bits per heavy atom. The standard InChI is InChI=1S/C12H11BrO6/c1-17-11(15)7-3-4-9(8(13)5-7)19-10(6-14)12(16)18-2/h3-6,14H,1-2H3/b10-6+. The monoisotopic (exact) mass is 330 g/mol. The van der Waals surface area contributed by atoms with Crippen molar-refractivity contribution in [2.24, 2.45) is 0 Å². The van der Waals surface area contributed by atoms with E-state index in [1.54, 1.807) is 0 Å². The maximum atomic E-state index is 11.3. The fourth-order valence-corrected chi connectivity index (χ4v) is 1.63. The van der Waals surface area contributed by atoms with Crippen LogP contribution in [0, 0.1) is 0 Å². The number of hydrogen-bond acceptors (Lipinski definition) is 6. The van der Waals surface area contributed by atoms with Crippen molar-refractivity contribution in [2.45, 2.75) is 0 Å². The molecular formula is C12H11BrO6. The van der Waals surface area contributed by atoms with Gasteiger partial charge in [-0.15, -0.1) is 0 Å². The van der Waals surface area contributed by atoms with Gasteiger partial charge in [0.05, 0.1) is 24.3 Å². The van der Waals surface area contributed by atoms with Crippen molar-refractivity contribution < 1.29 is 28.9 Å². The van der Waals surface area contributed by atoms with Crippen LogP contribution < -0.4 is 4.74 Å². The number of aliphatic hydroxyl groups excluding tert-OH is 1. The van der Waals surface area contributed by atoms with Gasteiger partial charge < -0.3 is 19.3 Å². The number of halogens is 1. The molecule has 1 N–H and O–H groups in total. The number of aliphatic hydroxyl groups is 1. The first-order valence-corrected chi connectivity index (χ1v) is 5.81. The summed E-state index contributed by atoms with van der Waals surface area (Å²) in [5.74, 6) is -1.48. The lowest BCUT2D eigenvalue weighted by Gasteiger charge is -2.09. The number of benzene rings is 1. The molecule has 1 aromatic rings. The van der Waals surface area contributed by atoms with Crippen molar-refractivity contribution in [1.29, 1.82) is 0 Å². The number of esters is 2. The van der Waals surface area contributed by atoms with Gasteiger partial charge in [0.2, 0.25) is 5.76 Å². The Kier molecular flexibility index (Phi) is 5.37. The second-order valence-corrected chi connectivity index (χ2v) is 4.08. The summed E-state index contributed by atoms with van der Waals surface area (Å²) in [5, 5.41) is 8.88. The van der Waals surface area contributed by atoms with Crippen molar-refractivity contribution >= 4 is 27.9 Å². The molecule has 19 heavy (non-hydrogen) atoms. The van der Waals surface area contributed by atoms with Crippen molar-refractivity contribution in [3.8, 4) is 5.75 Å². The van der Waals surface area contributed by atoms with E-state index in [-0.39, 0.29) is 11.5 Å². The lowest BCUT2D eigenvalue weighted by Crippen LogP contribution is -2.11. The van der Waals surface area contributed by atoms with E-state index in [1.807, 2.05) is 0 Å². The molecule has 102 valence electrons. The molecule has 0 fully saturated rings. The molecule has 0 aliphatic rings. The van der Waals surface area contributed by atoms with Crippen molar-refractivity contribution in [3.05, 3.63) is 40.3 Å². The van der Waals surface area contributed by atoms with Gasteiger partial charge in [-0.2, -0.15) is 0 Å². The van der Waals surface area contributed by atoms with Crippen LogP contribution in [0.25, 0.3) is 0 Å². The van der Waals surface area contributed by atoms with Gasteiger partial charge >= 0.3 is 11.9 Å². The topological polar surface area (TPSA) is 82.1 Å². The fourth-order valence-electron chi connectivity index (χ4n) is 1.17. The van der Waals surface area contributed by atoms with E-state index in [4.69, 9.17) is 9.84 Å². The molecule has 0 saturated carbocycles. The molecule has 0 aliphatic carbocycles. The van der Waals surface area contributed by atoms with E-state index in [0.29, 0.717) is 16.3 Å². The normalized spacial score (nSPS) is 10.8. The third-order valence-corrected chi connectivity index (χ3v) is 2.70. The van der Waals surface area contributed by atoms with Gasteiger partial charge in [-0.05, 0) is 34.1 Å². The second kappa shape index (κ2) is 6.79. The zero-order valence-corrected chi connectivity index (χ0v) is 11.8. The fraction of sp³-hybridized carbons (Fsp3) is 0.167. The summed E-state index contributed by atoms with van der Waals surface area (Å²) in [7, 11) is 2.43. The van der Waals surface area contributed by atoms with E-state index >= 15 is 0 Å². The lowest BCUT2D eigenvalue weighted by molar-refractivity contribution is -0.138. The summed E-state index contributed by atoms with van der Waals surface area (Å²) < 4.78 is 14.5. The molecule has 0 saturated heterocycles. The van der Waals surface area contributed by atoms with Crippen LogP contribution in [-0.2, 0) is 14.3 Å². The first-order valence-electron chi connectivity index (χ1n) is 5.02. The summed E-state index contributed by atoms with van der Waals surface area (Å²) in [5.41, 5.74) is 0.314. The van der Waals surface area contributed by atoms with Crippen LogP contribution in [0.15, 0.2) is 34.7 Å². The van der Waals surface area contributed by atoms with Gasteiger partial charge in [0, 0.05) is 0 Å². The molecule has 0 radical (unpaired) electrons. The molecule has 0 spiro atoms. The third-order valence-electron chi connectivity index (χ3n) is 2.08. The predicted octanol–water partition coefficient (Wildman–Crippen LogP) is 2.19. The molecule has 0 bridgehead atoms. The van der Waals surface area contributed by atoms with Crippen LogP contribution in [0.3, 0.4) is 0 Å². The SMILES string of the molecule is COC(=O)/C(=C\O)Oc1ccc(C(=O)OC)cc1Br. The number of methoxy groups -OCH3 is 2. The van der Waals surface area contributed by atoms with E-state index in [2.05, 4.69) is 25.4 Å². The first kappa shape index (κ1) is 15.0. The Hall–Kier alpha value is -2.02. The highest BCUT2D eigenvalue weighted by Gasteiger charge is 2.15. The highest BCUT2D eigenvalue weighted by molar-refractivity contribution is 9.10. The molecular weight excluding hydrogens is 320 g/mol. The molecule has 0 aromatic heterocycles. The van der Waals surface area contributed by atoms with E-state index < -0.39 is 11.9 Å². The number of ether oxygens (including phenoxy) is 3. The van der Waals surface area contributed by atoms with Gasteiger partial charge in [-0.3, -0.25) is 0 Å². The summed E-state index contributed by atoms with van der Waals surface area (Å²) >= 11 is 3.18. The van der Waals surface area contributed by atoms with Gasteiger partial charge in [-0.25, -0.2) is 9.59 Å². The average Bonchev–Trinajstić information content (AvgIpc) is 2.44. The number of rotatable bonds is 4. The Labute approximate surface area is 117 Å². The van der Waals surface area contributed by atoms with Gasteiger partial charge in [0.25, 0.3) is 0 Å².